The summed E-state index contributed by atoms with van der Waals surface area (Å²) in [7, 11) is 0. The van der Waals surface area contributed by atoms with Crippen molar-refractivity contribution in [1.29, 1.82) is 0 Å². The number of ether oxygens (including phenoxy) is 1. The molecule has 0 spiro atoms. The first kappa shape index (κ1) is 24.2. The lowest BCUT2D eigenvalue weighted by atomic mass is 9.96. The Kier molecular flexibility index (Phi) is 7.17. The minimum atomic E-state index is 0.175. The van der Waals surface area contributed by atoms with Crippen molar-refractivity contribution >= 4 is 16.7 Å². The number of aryl methyl sites for hydroxylation is 2. The summed E-state index contributed by atoms with van der Waals surface area (Å²) in [5.41, 5.74) is 6.00. The number of rotatable bonds is 9. The van der Waals surface area contributed by atoms with Crippen molar-refractivity contribution in [2.75, 3.05) is 0 Å². The number of hydrogen-bond acceptors (Lipinski definition) is 4. The quantitative estimate of drug-likeness (QED) is 0.240. The van der Waals surface area contributed by atoms with Crippen LogP contribution >= 0.6 is 0 Å². The Morgan fingerprint density at radius 2 is 1.92 bits per heavy atom. The summed E-state index contributed by atoms with van der Waals surface area (Å²) in [4.78, 5) is 22.7. The van der Waals surface area contributed by atoms with E-state index in [1.165, 1.54) is 12.8 Å². The van der Waals surface area contributed by atoms with Gasteiger partial charge >= 0.3 is 0 Å². The fourth-order valence-electron chi connectivity index (χ4n) is 5.37. The van der Waals surface area contributed by atoms with Gasteiger partial charge < -0.3 is 9.30 Å². The van der Waals surface area contributed by atoms with Gasteiger partial charge in [-0.05, 0) is 80.8 Å². The van der Waals surface area contributed by atoms with Gasteiger partial charge in [0.05, 0.1) is 23.9 Å². The molecule has 1 aliphatic rings. The van der Waals surface area contributed by atoms with Crippen LogP contribution in [0.4, 0.5) is 0 Å². The third-order valence-corrected chi connectivity index (χ3v) is 7.17. The minimum absolute atomic E-state index is 0.175. The summed E-state index contributed by atoms with van der Waals surface area (Å²) in [5.74, 6) is 1.24. The molecule has 3 aromatic heterocycles. The zero-order valence-electron chi connectivity index (χ0n) is 21.5. The van der Waals surface area contributed by atoms with Crippen LogP contribution in [0, 0.1) is 6.92 Å². The van der Waals surface area contributed by atoms with Crippen LogP contribution in [-0.4, -0.2) is 26.4 Å². The maximum atomic E-state index is 13.8. The molecule has 5 heteroatoms. The number of hydrogen-bond donors (Lipinski definition) is 0. The molecule has 0 saturated heterocycles. The van der Waals surface area contributed by atoms with E-state index in [2.05, 4.69) is 46.6 Å². The Morgan fingerprint density at radius 3 is 2.61 bits per heavy atom. The predicted octanol–water partition coefficient (Wildman–Crippen LogP) is 7.05. The molecule has 4 aromatic rings. The first-order valence-corrected chi connectivity index (χ1v) is 13.2. The number of benzene rings is 1. The summed E-state index contributed by atoms with van der Waals surface area (Å²) >= 11 is 0. The molecular formula is C31H35N3O2. The van der Waals surface area contributed by atoms with Crippen molar-refractivity contribution in [2.45, 2.75) is 77.9 Å². The van der Waals surface area contributed by atoms with E-state index in [4.69, 9.17) is 4.74 Å². The fraction of sp³-hybridized carbons (Fsp3) is 0.387. The van der Waals surface area contributed by atoms with Crippen LogP contribution in [-0.2, 0) is 13.0 Å². The fourth-order valence-corrected chi connectivity index (χ4v) is 5.37. The Morgan fingerprint density at radius 1 is 1.08 bits per heavy atom. The molecule has 0 N–H and O–H groups in total. The molecule has 1 aromatic carbocycles. The second-order valence-corrected chi connectivity index (χ2v) is 10.3. The van der Waals surface area contributed by atoms with Gasteiger partial charge in [-0.2, -0.15) is 0 Å². The molecule has 3 heterocycles. The van der Waals surface area contributed by atoms with Gasteiger partial charge in [0.15, 0.2) is 5.78 Å². The molecule has 36 heavy (non-hydrogen) atoms. The highest BCUT2D eigenvalue weighted by Crippen LogP contribution is 2.36. The summed E-state index contributed by atoms with van der Waals surface area (Å²) in [6.07, 6.45) is 9.81. The largest absolute Gasteiger partial charge is 0.490 e. The van der Waals surface area contributed by atoms with Crippen LogP contribution in [0.2, 0.25) is 0 Å². The third-order valence-electron chi connectivity index (χ3n) is 7.17. The molecule has 0 bridgehead atoms. The monoisotopic (exact) mass is 481 g/mol. The summed E-state index contributed by atoms with van der Waals surface area (Å²) in [6.45, 7) is 6.93. The van der Waals surface area contributed by atoms with Crippen molar-refractivity contribution in [3.8, 4) is 5.75 Å². The smallest absolute Gasteiger partial charge is 0.165 e. The average Bonchev–Trinajstić information content (AvgIpc) is 3.50. The van der Waals surface area contributed by atoms with Crippen molar-refractivity contribution < 1.29 is 9.53 Å². The van der Waals surface area contributed by atoms with Crippen LogP contribution in [0.3, 0.4) is 0 Å². The Labute approximate surface area is 213 Å². The van der Waals surface area contributed by atoms with Crippen LogP contribution in [0.1, 0.15) is 84.9 Å². The summed E-state index contributed by atoms with van der Waals surface area (Å²) in [6, 6.07) is 16.3. The highest BCUT2D eigenvalue weighted by Gasteiger charge is 2.25. The van der Waals surface area contributed by atoms with Gasteiger partial charge in [-0.1, -0.05) is 26.0 Å². The molecule has 5 rings (SSSR count). The topological polar surface area (TPSA) is 57.0 Å². The molecule has 5 nitrogen and oxygen atoms in total. The second-order valence-electron chi connectivity index (χ2n) is 10.3. The SMILES string of the molecule is Cc1ccc(CCC(=O)c2c(C(C)C)n(Cc3ccccn3)c3cc(OC4CCCC4)ccc23)cn1. The van der Waals surface area contributed by atoms with E-state index < -0.39 is 0 Å². The Bertz CT molecular complexity index is 1330. The Hall–Kier alpha value is -3.47. The van der Waals surface area contributed by atoms with Crippen LogP contribution in [0.5, 0.6) is 5.75 Å². The van der Waals surface area contributed by atoms with Crippen molar-refractivity contribution in [3.63, 3.8) is 0 Å². The van der Waals surface area contributed by atoms with E-state index in [0.29, 0.717) is 19.4 Å². The predicted molar refractivity (Wildman–Crippen MR) is 144 cm³/mol. The van der Waals surface area contributed by atoms with Gasteiger partial charge in [0, 0.05) is 47.2 Å². The van der Waals surface area contributed by atoms with E-state index in [0.717, 1.165) is 57.7 Å². The molecule has 0 radical (unpaired) electrons. The zero-order valence-corrected chi connectivity index (χ0v) is 21.5. The molecule has 1 fully saturated rings. The van der Waals surface area contributed by atoms with Crippen LogP contribution < -0.4 is 4.74 Å². The van der Waals surface area contributed by atoms with Crippen LogP contribution in [0.15, 0.2) is 60.9 Å². The van der Waals surface area contributed by atoms with Gasteiger partial charge in [-0.3, -0.25) is 14.8 Å². The van der Waals surface area contributed by atoms with Gasteiger partial charge in [0.1, 0.15) is 5.75 Å². The molecule has 1 aliphatic carbocycles. The molecular weight excluding hydrogens is 446 g/mol. The lowest BCUT2D eigenvalue weighted by Crippen LogP contribution is -2.12. The second kappa shape index (κ2) is 10.7. The average molecular weight is 482 g/mol. The summed E-state index contributed by atoms with van der Waals surface area (Å²) in [5, 5.41) is 1.00. The van der Waals surface area contributed by atoms with E-state index in [9.17, 15) is 4.79 Å². The first-order chi connectivity index (χ1) is 17.5. The number of carbonyl (C=O) groups excluding carboxylic acids is 1. The van der Waals surface area contributed by atoms with Gasteiger partial charge in [0.2, 0.25) is 0 Å². The molecule has 186 valence electrons. The number of aromatic nitrogens is 3. The standard InChI is InChI=1S/C31H35N3O2/c1-21(2)31-30(29(35)16-13-23-12-11-22(3)33-19-23)27-15-14-26(36-25-9-4-5-10-25)18-28(27)34(31)20-24-8-6-7-17-32-24/h6-8,11-12,14-15,17-19,21,25H,4-5,9-10,13,16,20H2,1-3H3. The van der Waals surface area contributed by atoms with Crippen LogP contribution in [0.25, 0.3) is 10.9 Å². The maximum absolute atomic E-state index is 13.8. The maximum Gasteiger partial charge on any atom is 0.165 e. The van der Waals surface area contributed by atoms with Gasteiger partial charge in [-0.15, -0.1) is 0 Å². The molecule has 0 atom stereocenters. The molecule has 0 aliphatic heterocycles. The molecule has 0 unspecified atom stereocenters. The minimum Gasteiger partial charge on any atom is -0.490 e. The van der Waals surface area contributed by atoms with Crippen molar-refractivity contribution in [1.82, 2.24) is 14.5 Å². The molecule has 1 saturated carbocycles. The van der Waals surface area contributed by atoms with Gasteiger partial charge in [0.25, 0.3) is 0 Å². The van der Waals surface area contributed by atoms with Crippen molar-refractivity contribution in [2.24, 2.45) is 0 Å². The number of Topliss-reactive ketones (excluding diaryl/α,β-unsaturated/α-hetero) is 1. The number of nitrogens with zero attached hydrogens (tertiary/aromatic N) is 3. The normalized spacial score (nSPS) is 14.1. The Balaban J connectivity index is 1.55. The number of fused-ring (bicyclic) bond motifs is 1. The zero-order chi connectivity index (χ0) is 25.1. The lowest BCUT2D eigenvalue weighted by Gasteiger charge is -2.16. The van der Waals surface area contributed by atoms with E-state index >= 15 is 0 Å². The number of ketones is 1. The first-order valence-electron chi connectivity index (χ1n) is 13.2. The lowest BCUT2D eigenvalue weighted by molar-refractivity contribution is 0.0983. The highest BCUT2D eigenvalue weighted by atomic mass is 16.5. The summed E-state index contributed by atoms with van der Waals surface area (Å²) < 4.78 is 8.64. The van der Waals surface area contributed by atoms with E-state index in [1.807, 2.05) is 49.6 Å². The van der Waals surface area contributed by atoms with E-state index in [-0.39, 0.29) is 17.8 Å². The number of carbonyl (C=O) groups is 1. The van der Waals surface area contributed by atoms with Crippen molar-refractivity contribution in [3.05, 3.63) is 89.1 Å². The number of pyridine rings is 2. The van der Waals surface area contributed by atoms with Gasteiger partial charge in [-0.25, -0.2) is 0 Å². The third kappa shape index (κ3) is 5.20. The molecule has 0 amide bonds. The van der Waals surface area contributed by atoms with E-state index in [1.54, 1.807) is 0 Å². The highest BCUT2D eigenvalue weighted by molar-refractivity contribution is 6.10.